The molecule has 3 heteroatoms. The van der Waals surface area contributed by atoms with Crippen LogP contribution in [-0.2, 0) is 0 Å². The van der Waals surface area contributed by atoms with Gasteiger partial charge in [0.2, 0.25) is 0 Å². The molecule has 1 N–H and O–H groups in total. The Labute approximate surface area is 128 Å². The predicted octanol–water partition coefficient (Wildman–Crippen LogP) is 3.59. The number of anilines is 1. The van der Waals surface area contributed by atoms with E-state index in [1.54, 1.807) is 0 Å². The SMILES string of the molecule is CNC1(CCN2CCCOc3ccccc32)CCCCC1. The predicted molar refractivity (Wildman–Crippen MR) is 88.3 cm³/mol. The van der Waals surface area contributed by atoms with E-state index in [1.165, 1.54) is 44.2 Å². The Kier molecular flexibility index (Phi) is 4.69. The topological polar surface area (TPSA) is 24.5 Å². The van der Waals surface area contributed by atoms with Crippen LogP contribution in [0.15, 0.2) is 24.3 Å². The maximum atomic E-state index is 5.86. The molecule has 1 aliphatic carbocycles. The first kappa shape index (κ1) is 14.7. The van der Waals surface area contributed by atoms with E-state index in [0.29, 0.717) is 5.54 Å². The van der Waals surface area contributed by atoms with E-state index in [9.17, 15) is 0 Å². The third-order valence-corrected chi connectivity index (χ3v) is 5.24. The molecular formula is C18H28N2O. The molecule has 0 radical (unpaired) electrons. The van der Waals surface area contributed by atoms with Crippen molar-refractivity contribution in [3.05, 3.63) is 24.3 Å². The summed E-state index contributed by atoms with van der Waals surface area (Å²) in [5.74, 6) is 1.05. The van der Waals surface area contributed by atoms with Crippen LogP contribution in [0, 0.1) is 0 Å². The van der Waals surface area contributed by atoms with Crippen LogP contribution in [0.3, 0.4) is 0 Å². The van der Waals surface area contributed by atoms with Crippen LogP contribution >= 0.6 is 0 Å². The lowest BCUT2D eigenvalue weighted by molar-refractivity contribution is 0.232. The number of hydrogen-bond donors (Lipinski definition) is 1. The minimum Gasteiger partial charge on any atom is -0.491 e. The molecule has 0 atom stereocenters. The molecule has 1 aromatic carbocycles. The highest BCUT2D eigenvalue weighted by Crippen LogP contribution is 2.34. The Balaban J connectivity index is 1.69. The molecule has 3 nitrogen and oxygen atoms in total. The maximum absolute atomic E-state index is 5.86. The Hall–Kier alpha value is -1.22. The number of nitrogens with zero attached hydrogens (tertiary/aromatic N) is 1. The third-order valence-electron chi connectivity index (χ3n) is 5.24. The fraction of sp³-hybridized carbons (Fsp3) is 0.667. The number of para-hydroxylation sites is 2. The highest BCUT2D eigenvalue weighted by Gasteiger charge is 2.30. The zero-order valence-electron chi connectivity index (χ0n) is 13.2. The first-order chi connectivity index (χ1) is 10.3. The number of rotatable bonds is 4. The zero-order valence-corrected chi connectivity index (χ0v) is 13.2. The van der Waals surface area contributed by atoms with Crippen molar-refractivity contribution in [1.82, 2.24) is 5.32 Å². The molecule has 1 aromatic rings. The fourth-order valence-corrected chi connectivity index (χ4v) is 3.83. The Morgan fingerprint density at radius 3 is 2.76 bits per heavy atom. The van der Waals surface area contributed by atoms with Gasteiger partial charge in [0, 0.05) is 18.6 Å². The standard InChI is InChI=1S/C18H28N2O/c1-19-18(10-5-2-6-11-18)12-14-20-13-7-15-21-17-9-4-3-8-16(17)20/h3-4,8-9,19H,2,5-7,10-15H2,1H3. The van der Waals surface area contributed by atoms with Gasteiger partial charge in [-0.3, -0.25) is 0 Å². The van der Waals surface area contributed by atoms with Gasteiger partial charge in [0.15, 0.2) is 0 Å². The van der Waals surface area contributed by atoms with Crippen molar-refractivity contribution in [2.45, 2.75) is 50.5 Å². The molecule has 2 aliphatic rings. The highest BCUT2D eigenvalue weighted by atomic mass is 16.5. The largest absolute Gasteiger partial charge is 0.491 e. The first-order valence-electron chi connectivity index (χ1n) is 8.49. The summed E-state index contributed by atoms with van der Waals surface area (Å²) in [5.41, 5.74) is 1.64. The molecule has 0 amide bonds. The Morgan fingerprint density at radius 1 is 1.14 bits per heavy atom. The average molecular weight is 288 g/mol. The lowest BCUT2D eigenvalue weighted by Crippen LogP contribution is -2.47. The second-order valence-corrected chi connectivity index (χ2v) is 6.50. The summed E-state index contributed by atoms with van der Waals surface area (Å²) in [6.07, 6.45) is 9.16. The van der Waals surface area contributed by atoms with Gasteiger partial charge in [0.1, 0.15) is 5.75 Å². The third kappa shape index (κ3) is 3.34. The van der Waals surface area contributed by atoms with Gasteiger partial charge in [-0.25, -0.2) is 0 Å². The number of benzene rings is 1. The second-order valence-electron chi connectivity index (χ2n) is 6.50. The lowest BCUT2D eigenvalue weighted by atomic mass is 9.79. The molecule has 21 heavy (non-hydrogen) atoms. The normalized spacial score (nSPS) is 21.3. The van der Waals surface area contributed by atoms with Crippen LogP contribution in [0.2, 0.25) is 0 Å². The van der Waals surface area contributed by atoms with Gasteiger partial charge in [-0.15, -0.1) is 0 Å². The molecule has 1 heterocycles. The van der Waals surface area contributed by atoms with Crippen molar-refractivity contribution < 1.29 is 4.74 Å². The number of hydrogen-bond acceptors (Lipinski definition) is 3. The van der Waals surface area contributed by atoms with E-state index in [0.717, 1.165) is 31.9 Å². The Bertz CT molecular complexity index is 454. The molecule has 1 fully saturated rings. The molecule has 1 aliphatic heterocycles. The highest BCUT2D eigenvalue weighted by molar-refractivity contribution is 5.58. The second kappa shape index (κ2) is 6.69. The van der Waals surface area contributed by atoms with Gasteiger partial charge in [0.05, 0.1) is 12.3 Å². The summed E-state index contributed by atoms with van der Waals surface area (Å²) in [7, 11) is 2.14. The van der Waals surface area contributed by atoms with Crippen molar-refractivity contribution in [2.75, 3.05) is 31.6 Å². The van der Waals surface area contributed by atoms with Crippen LogP contribution in [0.5, 0.6) is 5.75 Å². The molecule has 0 aromatic heterocycles. The summed E-state index contributed by atoms with van der Waals surface area (Å²) in [6, 6.07) is 8.49. The molecule has 3 rings (SSSR count). The quantitative estimate of drug-likeness (QED) is 0.916. The van der Waals surface area contributed by atoms with Gasteiger partial charge < -0.3 is 15.0 Å². The summed E-state index contributed by atoms with van der Waals surface area (Å²) < 4.78 is 5.86. The smallest absolute Gasteiger partial charge is 0.142 e. The van der Waals surface area contributed by atoms with Crippen molar-refractivity contribution >= 4 is 5.69 Å². The zero-order chi connectivity index (χ0) is 14.5. The van der Waals surface area contributed by atoms with Gasteiger partial charge in [0.25, 0.3) is 0 Å². The summed E-state index contributed by atoms with van der Waals surface area (Å²) in [4.78, 5) is 2.52. The monoisotopic (exact) mass is 288 g/mol. The van der Waals surface area contributed by atoms with Crippen LogP contribution in [0.25, 0.3) is 0 Å². The summed E-state index contributed by atoms with van der Waals surface area (Å²) in [5, 5.41) is 3.64. The van der Waals surface area contributed by atoms with E-state index < -0.39 is 0 Å². The molecular weight excluding hydrogens is 260 g/mol. The first-order valence-corrected chi connectivity index (χ1v) is 8.49. The minimum atomic E-state index is 0.361. The van der Waals surface area contributed by atoms with E-state index >= 15 is 0 Å². The molecule has 0 unspecified atom stereocenters. The fourth-order valence-electron chi connectivity index (χ4n) is 3.83. The van der Waals surface area contributed by atoms with Gasteiger partial charge >= 0.3 is 0 Å². The average Bonchev–Trinajstić information content (AvgIpc) is 2.76. The minimum absolute atomic E-state index is 0.361. The maximum Gasteiger partial charge on any atom is 0.142 e. The number of nitrogens with one attached hydrogen (secondary N) is 1. The van der Waals surface area contributed by atoms with E-state index in [1.807, 2.05) is 0 Å². The van der Waals surface area contributed by atoms with Crippen molar-refractivity contribution in [3.63, 3.8) is 0 Å². The van der Waals surface area contributed by atoms with Crippen LogP contribution in [0.1, 0.15) is 44.9 Å². The lowest BCUT2D eigenvalue weighted by Gasteiger charge is -2.39. The van der Waals surface area contributed by atoms with Crippen LogP contribution in [0.4, 0.5) is 5.69 Å². The van der Waals surface area contributed by atoms with E-state index in [2.05, 4.69) is 41.5 Å². The van der Waals surface area contributed by atoms with E-state index in [4.69, 9.17) is 4.74 Å². The van der Waals surface area contributed by atoms with Gasteiger partial charge in [-0.05, 0) is 44.9 Å². The molecule has 0 saturated heterocycles. The van der Waals surface area contributed by atoms with Crippen LogP contribution < -0.4 is 15.0 Å². The molecule has 116 valence electrons. The molecule has 1 saturated carbocycles. The van der Waals surface area contributed by atoms with Crippen molar-refractivity contribution in [1.29, 1.82) is 0 Å². The molecule has 0 spiro atoms. The van der Waals surface area contributed by atoms with Crippen molar-refractivity contribution in [3.8, 4) is 5.75 Å². The number of fused-ring (bicyclic) bond motifs is 1. The Morgan fingerprint density at radius 2 is 1.95 bits per heavy atom. The van der Waals surface area contributed by atoms with Gasteiger partial charge in [-0.2, -0.15) is 0 Å². The summed E-state index contributed by atoms with van der Waals surface area (Å²) >= 11 is 0. The number of ether oxygens (including phenoxy) is 1. The van der Waals surface area contributed by atoms with Crippen LogP contribution in [-0.4, -0.2) is 32.3 Å². The van der Waals surface area contributed by atoms with E-state index in [-0.39, 0.29) is 0 Å². The van der Waals surface area contributed by atoms with Gasteiger partial charge in [-0.1, -0.05) is 31.4 Å². The van der Waals surface area contributed by atoms with Crippen molar-refractivity contribution in [2.24, 2.45) is 0 Å². The summed E-state index contributed by atoms with van der Waals surface area (Å²) in [6.45, 7) is 3.07. The molecule has 0 bridgehead atoms.